The minimum atomic E-state index is 0.0249. The number of para-hydroxylation sites is 1. The van der Waals surface area contributed by atoms with Gasteiger partial charge in [-0.15, -0.1) is 0 Å². The molecule has 1 aliphatic rings. The third kappa shape index (κ3) is 2.84. The van der Waals surface area contributed by atoms with Crippen LogP contribution in [-0.4, -0.2) is 23.5 Å². The van der Waals surface area contributed by atoms with Gasteiger partial charge in [0.2, 0.25) is 0 Å². The number of likely N-dealkylation sites (tertiary alicyclic amines) is 1. The molecule has 0 radical (unpaired) electrons. The van der Waals surface area contributed by atoms with Crippen molar-refractivity contribution >= 4 is 11.7 Å². The van der Waals surface area contributed by atoms with Crippen molar-refractivity contribution in [3.63, 3.8) is 0 Å². The first-order chi connectivity index (χ1) is 8.58. The molecular formula is C15H22N2O. The predicted molar refractivity (Wildman–Crippen MR) is 74.6 cm³/mol. The fraction of sp³-hybridized carbons (Fsp3) is 0.533. The second kappa shape index (κ2) is 5.42. The second-order valence-electron chi connectivity index (χ2n) is 5.54. The zero-order chi connectivity index (χ0) is 13.1. The highest BCUT2D eigenvalue weighted by Crippen LogP contribution is 2.29. The highest BCUT2D eigenvalue weighted by molar-refractivity contribution is 5.89. The van der Waals surface area contributed by atoms with Gasteiger partial charge in [-0.1, -0.05) is 32.0 Å². The number of urea groups is 1. The van der Waals surface area contributed by atoms with Crippen molar-refractivity contribution in [3.8, 4) is 0 Å². The van der Waals surface area contributed by atoms with Crippen LogP contribution in [0.3, 0.4) is 0 Å². The maximum atomic E-state index is 12.2. The van der Waals surface area contributed by atoms with Crippen LogP contribution in [0.15, 0.2) is 30.3 Å². The third-order valence-corrected chi connectivity index (χ3v) is 3.84. The van der Waals surface area contributed by atoms with E-state index in [1.165, 1.54) is 0 Å². The predicted octanol–water partition coefficient (Wildman–Crippen LogP) is 3.58. The molecule has 0 bridgehead atoms. The Hall–Kier alpha value is -1.51. The van der Waals surface area contributed by atoms with Gasteiger partial charge in [0.25, 0.3) is 0 Å². The van der Waals surface area contributed by atoms with Crippen molar-refractivity contribution < 1.29 is 4.79 Å². The van der Waals surface area contributed by atoms with Crippen LogP contribution < -0.4 is 5.32 Å². The second-order valence-corrected chi connectivity index (χ2v) is 5.54. The fourth-order valence-corrected chi connectivity index (χ4v) is 2.56. The number of nitrogens with zero attached hydrogens (tertiary/aromatic N) is 1. The largest absolute Gasteiger partial charge is 0.322 e. The quantitative estimate of drug-likeness (QED) is 0.849. The molecule has 2 rings (SSSR count). The molecule has 0 saturated carbocycles. The summed E-state index contributed by atoms with van der Waals surface area (Å²) in [7, 11) is 0. The first kappa shape index (κ1) is 12.9. The first-order valence-electron chi connectivity index (χ1n) is 6.70. The zero-order valence-electron chi connectivity index (χ0n) is 11.4. The number of nitrogens with one attached hydrogen (secondary N) is 1. The molecular weight excluding hydrogens is 224 g/mol. The molecule has 0 unspecified atom stereocenters. The van der Waals surface area contributed by atoms with E-state index < -0.39 is 0 Å². The Balaban J connectivity index is 1.98. The van der Waals surface area contributed by atoms with Crippen LogP contribution in [0.4, 0.5) is 10.5 Å². The summed E-state index contributed by atoms with van der Waals surface area (Å²) < 4.78 is 0. The normalized spacial score (nSPS) is 23.4. The van der Waals surface area contributed by atoms with E-state index >= 15 is 0 Å². The zero-order valence-corrected chi connectivity index (χ0v) is 11.4. The van der Waals surface area contributed by atoms with Gasteiger partial charge in [0.15, 0.2) is 0 Å². The molecule has 1 aromatic carbocycles. The lowest BCUT2D eigenvalue weighted by Crippen LogP contribution is -2.37. The van der Waals surface area contributed by atoms with Crippen LogP contribution in [-0.2, 0) is 0 Å². The summed E-state index contributed by atoms with van der Waals surface area (Å²) in [5.74, 6) is 1.27. The van der Waals surface area contributed by atoms with E-state index in [9.17, 15) is 4.79 Å². The third-order valence-electron chi connectivity index (χ3n) is 3.84. The van der Waals surface area contributed by atoms with Crippen molar-refractivity contribution in [2.75, 3.05) is 11.9 Å². The first-order valence-corrected chi connectivity index (χ1v) is 6.70. The molecule has 1 saturated heterocycles. The molecule has 1 aliphatic heterocycles. The fourth-order valence-electron chi connectivity index (χ4n) is 2.56. The molecule has 3 nitrogen and oxygen atoms in total. The molecule has 1 N–H and O–H groups in total. The van der Waals surface area contributed by atoms with Crippen LogP contribution in [0.5, 0.6) is 0 Å². The average Bonchev–Trinajstić information content (AvgIpc) is 2.73. The smallest absolute Gasteiger partial charge is 0.322 e. The van der Waals surface area contributed by atoms with Crippen LogP contribution >= 0.6 is 0 Å². The Bertz CT molecular complexity index is 402. The van der Waals surface area contributed by atoms with Gasteiger partial charge in [0.1, 0.15) is 0 Å². The number of carbonyl (C=O) groups is 1. The lowest BCUT2D eigenvalue weighted by atomic mass is 9.94. The van der Waals surface area contributed by atoms with Gasteiger partial charge >= 0.3 is 6.03 Å². The maximum absolute atomic E-state index is 12.2. The Morgan fingerprint density at radius 3 is 2.56 bits per heavy atom. The van der Waals surface area contributed by atoms with Crippen LogP contribution in [0.1, 0.15) is 27.2 Å². The number of amides is 2. The van der Waals surface area contributed by atoms with Gasteiger partial charge < -0.3 is 10.2 Å². The van der Waals surface area contributed by atoms with Crippen molar-refractivity contribution in [2.45, 2.75) is 33.2 Å². The van der Waals surface area contributed by atoms with Crippen molar-refractivity contribution in [1.29, 1.82) is 0 Å². The lowest BCUT2D eigenvalue weighted by molar-refractivity contribution is 0.208. The average molecular weight is 246 g/mol. The highest BCUT2D eigenvalue weighted by atomic mass is 16.2. The van der Waals surface area contributed by atoms with Gasteiger partial charge in [0.05, 0.1) is 0 Å². The van der Waals surface area contributed by atoms with E-state index in [-0.39, 0.29) is 6.03 Å². The number of hydrogen-bond donors (Lipinski definition) is 1. The molecule has 0 aromatic heterocycles. The summed E-state index contributed by atoms with van der Waals surface area (Å²) in [5.41, 5.74) is 0.864. The van der Waals surface area contributed by atoms with Crippen molar-refractivity contribution in [1.82, 2.24) is 4.90 Å². The van der Waals surface area contributed by atoms with Gasteiger partial charge in [-0.05, 0) is 37.3 Å². The van der Waals surface area contributed by atoms with Crippen LogP contribution in [0.25, 0.3) is 0 Å². The maximum Gasteiger partial charge on any atom is 0.322 e. The van der Waals surface area contributed by atoms with Gasteiger partial charge in [-0.25, -0.2) is 4.79 Å². The molecule has 0 spiro atoms. The Kier molecular flexibility index (Phi) is 3.90. The molecule has 2 amide bonds. The monoisotopic (exact) mass is 246 g/mol. The topological polar surface area (TPSA) is 32.3 Å². The molecule has 0 aliphatic carbocycles. The Morgan fingerprint density at radius 2 is 2.00 bits per heavy atom. The standard InChI is InChI=1S/C15H22N2O/c1-11(2)13-9-12(3)17(10-13)15(18)16-14-7-5-4-6-8-14/h4-8,11-13H,9-10H2,1-3H3,(H,16,18)/t12-,13+/m1/s1. The van der Waals surface area contributed by atoms with Crippen molar-refractivity contribution in [3.05, 3.63) is 30.3 Å². The van der Waals surface area contributed by atoms with Gasteiger partial charge in [-0.2, -0.15) is 0 Å². The summed E-state index contributed by atoms with van der Waals surface area (Å²) in [4.78, 5) is 14.2. The molecule has 2 atom stereocenters. The lowest BCUT2D eigenvalue weighted by Gasteiger charge is -2.22. The summed E-state index contributed by atoms with van der Waals surface area (Å²) in [5, 5.41) is 2.96. The van der Waals surface area contributed by atoms with E-state index in [0.29, 0.717) is 17.9 Å². The van der Waals surface area contributed by atoms with E-state index in [4.69, 9.17) is 0 Å². The van der Waals surface area contributed by atoms with E-state index in [0.717, 1.165) is 18.7 Å². The molecule has 98 valence electrons. The summed E-state index contributed by atoms with van der Waals surface area (Å²) >= 11 is 0. The van der Waals surface area contributed by atoms with E-state index in [1.807, 2.05) is 35.2 Å². The SMILES string of the molecule is CC(C)[C@H]1C[C@@H](C)N(C(=O)Nc2ccccc2)C1. The number of carbonyl (C=O) groups excluding carboxylic acids is 1. The number of rotatable bonds is 2. The minimum absolute atomic E-state index is 0.0249. The highest BCUT2D eigenvalue weighted by Gasteiger charge is 2.33. The number of benzene rings is 1. The van der Waals surface area contributed by atoms with E-state index in [2.05, 4.69) is 26.1 Å². The van der Waals surface area contributed by atoms with Crippen LogP contribution in [0, 0.1) is 11.8 Å². The Morgan fingerprint density at radius 1 is 1.33 bits per heavy atom. The number of anilines is 1. The van der Waals surface area contributed by atoms with Crippen molar-refractivity contribution in [2.24, 2.45) is 11.8 Å². The number of hydrogen-bond acceptors (Lipinski definition) is 1. The Labute approximate surface area is 109 Å². The molecule has 1 fully saturated rings. The summed E-state index contributed by atoms with van der Waals surface area (Å²) in [6.45, 7) is 7.47. The van der Waals surface area contributed by atoms with Crippen LogP contribution in [0.2, 0.25) is 0 Å². The molecule has 1 aromatic rings. The van der Waals surface area contributed by atoms with E-state index in [1.54, 1.807) is 0 Å². The summed E-state index contributed by atoms with van der Waals surface area (Å²) in [6, 6.07) is 10.00. The molecule has 3 heteroatoms. The molecule has 1 heterocycles. The summed E-state index contributed by atoms with van der Waals surface area (Å²) in [6.07, 6.45) is 1.11. The van der Waals surface area contributed by atoms with Gasteiger partial charge in [0, 0.05) is 18.3 Å². The molecule has 18 heavy (non-hydrogen) atoms. The van der Waals surface area contributed by atoms with Gasteiger partial charge in [-0.3, -0.25) is 0 Å². The minimum Gasteiger partial charge on any atom is -0.322 e.